The summed E-state index contributed by atoms with van der Waals surface area (Å²) in [5.41, 5.74) is 0.664. The Bertz CT molecular complexity index is 718. The van der Waals surface area contributed by atoms with Gasteiger partial charge in [-0.05, 0) is 23.8 Å². The number of halogens is 3. The van der Waals surface area contributed by atoms with Crippen LogP contribution in [0.1, 0.15) is 22.3 Å². The highest BCUT2D eigenvalue weighted by molar-refractivity contribution is 5.79. The number of oxime groups is 1. The molecule has 0 spiro atoms. The minimum Gasteiger partial charge on any atom is -0.391 e. The molecule has 0 aliphatic heterocycles. The zero-order valence-electron chi connectivity index (χ0n) is 11.3. The molecule has 0 unspecified atom stereocenters. The quantitative estimate of drug-likeness (QED) is 0.630. The van der Waals surface area contributed by atoms with E-state index in [4.69, 9.17) is 10.1 Å². The van der Waals surface area contributed by atoms with Crippen LogP contribution >= 0.6 is 0 Å². The van der Waals surface area contributed by atoms with E-state index in [2.05, 4.69) is 5.16 Å². The second-order valence-corrected chi connectivity index (χ2v) is 4.40. The molecule has 0 saturated heterocycles. The molecule has 0 aliphatic carbocycles. The number of hydrogen-bond donors (Lipinski definition) is 0. The Morgan fingerprint density at radius 2 is 1.91 bits per heavy atom. The maximum atomic E-state index is 12.6. The maximum Gasteiger partial charge on any atom is 0.416 e. The van der Waals surface area contributed by atoms with Crippen LogP contribution in [0.2, 0.25) is 0 Å². The molecule has 2 aromatic carbocycles. The van der Waals surface area contributed by atoms with Crippen LogP contribution in [0.3, 0.4) is 0 Å². The summed E-state index contributed by atoms with van der Waals surface area (Å²) in [5.74, 6) is 0. The van der Waals surface area contributed by atoms with E-state index in [0.29, 0.717) is 11.1 Å². The Balaban J connectivity index is 2.00. The van der Waals surface area contributed by atoms with Gasteiger partial charge in [0.15, 0.2) is 0 Å². The average molecular weight is 304 g/mol. The Labute approximate surface area is 125 Å². The number of alkyl halides is 3. The Morgan fingerprint density at radius 3 is 2.64 bits per heavy atom. The third-order valence-corrected chi connectivity index (χ3v) is 2.85. The predicted molar refractivity (Wildman–Crippen MR) is 75.0 cm³/mol. The molecular formula is C16H11F3N2O. The van der Waals surface area contributed by atoms with Crippen LogP contribution in [0.4, 0.5) is 13.2 Å². The summed E-state index contributed by atoms with van der Waals surface area (Å²) in [4.78, 5) is 5.03. The fourth-order valence-electron chi connectivity index (χ4n) is 1.76. The molecule has 3 nitrogen and oxygen atoms in total. The van der Waals surface area contributed by atoms with Crippen LogP contribution in [-0.2, 0) is 17.6 Å². The van der Waals surface area contributed by atoms with Crippen molar-refractivity contribution in [2.75, 3.05) is 0 Å². The second kappa shape index (κ2) is 6.76. The molecule has 0 atom stereocenters. The predicted octanol–water partition coefficient (Wildman–Crippen LogP) is 4.13. The summed E-state index contributed by atoms with van der Waals surface area (Å²) in [6.45, 7) is 0.0686. The third kappa shape index (κ3) is 4.09. The van der Waals surface area contributed by atoms with Gasteiger partial charge in [0, 0.05) is 5.56 Å². The average Bonchev–Trinajstić information content (AvgIpc) is 2.51. The number of benzene rings is 2. The lowest BCUT2D eigenvalue weighted by molar-refractivity contribution is -0.137. The van der Waals surface area contributed by atoms with E-state index in [0.717, 1.165) is 12.1 Å². The fraction of sp³-hybridized carbons (Fsp3) is 0.125. The largest absolute Gasteiger partial charge is 0.416 e. The monoisotopic (exact) mass is 304 g/mol. The first-order chi connectivity index (χ1) is 10.5. The van der Waals surface area contributed by atoms with Crippen molar-refractivity contribution in [3.63, 3.8) is 0 Å². The molecule has 0 aromatic heterocycles. The number of hydrogen-bond acceptors (Lipinski definition) is 3. The van der Waals surface area contributed by atoms with E-state index in [1.807, 2.05) is 6.07 Å². The van der Waals surface area contributed by atoms with Crippen LogP contribution < -0.4 is 0 Å². The van der Waals surface area contributed by atoms with Crippen molar-refractivity contribution in [2.45, 2.75) is 12.8 Å². The first-order valence-electron chi connectivity index (χ1n) is 6.31. The van der Waals surface area contributed by atoms with E-state index < -0.39 is 11.7 Å². The van der Waals surface area contributed by atoms with E-state index in [1.54, 1.807) is 24.3 Å². The van der Waals surface area contributed by atoms with Gasteiger partial charge in [-0.1, -0.05) is 35.5 Å². The molecule has 2 rings (SSSR count). The van der Waals surface area contributed by atoms with Gasteiger partial charge in [-0.25, -0.2) is 0 Å². The van der Waals surface area contributed by atoms with Crippen LogP contribution in [-0.4, -0.2) is 6.21 Å². The van der Waals surface area contributed by atoms with Gasteiger partial charge in [-0.3, -0.25) is 0 Å². The van der Waals surface area contributed by atoms with Gasteiger partial charge in [0.1, 0.15) is 6.61 Å². The molecule has 0 amide bonds. The maximum absolute atomic E-state index is 12.6. The van der Waals surface area contributed by atoms with Gasteiger partial charge in [-0.2, -0.15) is 18.4 Å². The summed E-state index contributed by atoms with van der Waals surface area (Å²) in [7, 11) is 0. The molecule has 0 radical (unpaired) electrons. The second-order valence-electron chi connectivity index (χ2n) is 4.40. The van der Waals surface area contributed by atoms with Gasteiger partial charge in [0.2, 0.25) is 0 Å². The lowest BCUT2D eigenvalue weighted by Gasteiger charge is -2.06. The Morgan fingerprint density at radius 1 is 1.14 bits per heavy atom. The normalized spacial score (nSPS) is 11.4. The SMILES string of the molecule is N#Cc1ccccc1CO/N=C\c1cccc(C(F)(F)F)c1. The summed E-state index contributed by atoms with van der Waals surface area (Å²) < 4.78 is 37.7. The summed E-state index contributed by atoms with van der Waals surface area (Å²) >= 11 is 0. The molecule has 6 heteroatoms. The standard InChI is InChI=1S/C16H11F3N2O/c17-16(18,19)15-7-3-4-12(8-15)10-21-22-11-14-6-2-1-5-13(14)9-20/h1-8,10H,11H2/b21-10-. The van der Waals surface area contributed by atoms with Gasteiger partial charge in [-0.15, -0.1) is 0 Å². The zero-order chi connectivity index (χ0) is 16.0. The van der Waals surface area contributed by atoms with Crippen molar-refractivity contribution in [1.82, 2.24) is 0 Å². The Hall–Kier alpha value is -2.81. The number of nitriles is 1. The van der Waals surface area contributed by atoms with Crippen molar-refractivity contribution in [2.24, 2.45) is 5.16 Å². The van der Waals surface area contributed by atoms with Gasteiger partial charge in [0.05, 0.1) is 23.4 Å². The zero-order valence-corrected chi connectivity index (χ0v) is 11.3. The molecule has 2 aromatic rings. The van der Waals surface area contributed by atoms with E-state index in [1.165, 1.54) is 18.3 Å². The van der Waals surface area contributed by atoms with Crippen molar-refractivity contribution >= 4 is 6.21 Å². The topological polar surface area (TPSA) is 45.4 Å². The molecule has 0 N–H and O–H groups in total. The van der Waals surface area contributed by atoms with Crippen molar-refractivity contribution in [3.8, 4) is 6.07 Å². The first-order valence-corrected chi connectivity index (χ1v) is 6.31. The van der Waals surface area contributed by atoms with Crippen LogP contribution in [0, 0.1) is 11.3 Å². The Kier molecular flexibility index (Phi) is 4.79. The molecule has 0 saturated carbocycles. The van der Waals surface area contributed by atoms with Gasteiger partial charge < -0.3 is 4.84 Å². The molecular weight excluding hydrogens is 293 g/mol. The minimum absolute atomic E-state index is 0.0686. The van der Waals surface area contributed by atoms with Crippen molar-refractivity contribution in [3.05, 3.63) is 70.8 Å². The van der Waals surface area contributed by atoms with E-state index in [9.17, 15) is 13.2 Å². The highest BCUT2D eigenvalue weighted by Crippen LogP contribution is 2.29. The molecule has 112 valence electrons. The smallest absolute Gasteiger partial charge is 0.391 e. The van der Waals surface area contributed by atoms with Crippen LogP contribution in [0.25, 0.3) is 0 Å². The van der Waals surface area contributed by atoms with Crippen molar-refractivity contribution in [1.29, 1.82) is 5.26 Å². The highest BCUT2D eigenvalue weighted by Gasteiger charge is 2.30. The van der Waals surface area contributed by atoms with E-state index in [-0.39, 0.29) is 12.2 Å². The molecule has 22 heavy (non-hydrogen) atoms. The first kappa shape index (κ1) is 15.6. The molecule has 0 aliphatic rings. The molecule has 0 fully saturated rings. The number of rotatable bonds is 4. The van der Waals surface area contributed by atoms with Crippen molar-refractivity contribution < 1.29 is 18.0 Å². The molecule has 0 heterocycles. The minimum atomic E-state index is -4.39. The third-order valence-electron chi connectivity index (χ3n) is 2.85. The lowest BCUT2D eigenvalue weighted by Crippen LogP contribution is -2.05. The summed E-state index contributed by atoms with van der Waals surface area (Å²) in [6.07, 6.45) is -3.19. The summed E-state index contributed by atoms with van der Waals surface area (Å²) in [5, 5.41) is 12.5. The van der Waals surface area contributed by atoms with Gasteiger partial charge in [0.25, 0.3) is 0 Å². The summed E-state index contributed by atoms with van der Waals surface area (Å²) in [6, 6.07) is 13.6. The van der Waals surface area contributed by atoms with Crippen LogP contribution in [0.15, 0.2) is 53.7 Å². The number of nitrogens with zero attached hydrogens (tertiary/aromatic N) is 2. The van der Waals surface area contributed by atoms with Crippen LogP contribution in [0.5, 0.6) is 0 Å². The fourth-order valence-corrected chi connectivity index (χ4v) is 1.76. The van der Waals surface area contributed by atoms with E-state index >= 15 is 0 Å². The van der Waals surface area contributed by atoms with Gasteiger partial charge >= 0.3 is 6.18 Å². The molecule has 0 bridgehead atoms. The lowest BCUT2D eigenvalue weighted by atomic mass is 10.1. The highest BCUT2D eigenvalue weighted by atomic mass is 19.4.